The number of carbonyl (C=O) groups excluding carboxylic acids is 1. The number of carboxylic acid groups (broad SMARTS) is 1. The predicted octanol–water partition coefficient (Wildman–Crippen LogP) is 1.76. The lowest BCUT2D eigenvalue weighted by Gasteiger charge is -2.29. The fourth-order valence-electron chi connectivity index (χ4n) is 3.30. The van der Waals surface area contributed by atoms with E-state index in [0.29, 0.717) is 5.56 Å². The SMILES string of the molecule is CC(C(=O)N1CCCC1)N1CCc2cc(C(=O)O)ccc21. The highest BCUT2D eigenvalue weighted by atomic mass is 16.4. The number of rotatable bonds is 3. The molecule has 1 fully saturated rings. The lowest BCUT2D eigenvalue weighted by molar-refractivity contribution is -0.131. The molecule has 0 saturated carbocycles. The van der Waals surface area contributed by atoms with Gasteiger partial charge in [-0.1, -0.05) is 0 Å². The smallest absolute Gasteiger partial charge is 0.335 e. The van der Waals surface area contributed by atoms with Crippen molar-refractivity contribution in [2.45, 2.75) is 32.2 Å². The highest BCUT2D eigenvalue weighted by Crippen LogP contribution is 2.31. The quantitative estimate of drug-likeness (QED) is 0.920. The third-order valence-corrected chi connectivity index (χ3v) is 4.50. The normalized spacial score (nSPS) is 18.7. The van der Waals surface area contributed by atoms with Crippen molar-refractivity contribution in [2.75, 3.05) is 24.5 Å². The van der Waals surface area contributed by atoms with Crippen LogP contribution in [0, 0.1) is 0 Å². The van der Waals surface area contributed by atoms with Crippen LogP contribution in [-0.4, -0.2) is 47.6 Å². The van der Waals surface area contributed by atoms with Crippen LogP contribution in [0.5, 0.6) is 0 Å². The summed E-state index contributed by atoms with van der Waals surface area (Å²) in [5.74, 6) is -0.722. The Balaban J connectivity index is 1.80. The van der Waals surface area contributed by atoms with Gasteiger partial charge in [0.05, 0.1) is 5.56 Å². The van der Waals surface area contributed by atoms with Crippen molar-refractivity contribution in [2.24, 2.45) is 0 Å². The number of nitrogens with zero attached hydrogens (tertiary/aromatic N) is 2. The maximum absolute atomic E-state index is 12.5. The van der Waals surface area contributed by atoms with Crippen molar-refractivity contribution in [3.63, 3.8) is 0 Å². The molecule has 1 unspecified atom stereocenters. The summed E-state index contributed by atoms with van der Waals surface area (Å²) in [6.07, 6.45) is 2.99. The summed E-state index contributed by atoms with van der Waals surface area (Å²) in [5.41, 5.74) is 2.34. The Kier molecular flexibility index (Phi) is 3.57. The highest BCUT2D eigenvalue weighted by molar-refractivity contribution is 5.90. The van der Waals surface area contributed by atoms with E-state index in [1.807, 2.05) is 17.9 Å². The number of likely N-dealkylation sites (tertiary alicyclic amines) is 1. The molecule has 0 spiro atoms. The topological polar surface area (TPSA) is 60.9 Å². The molecule has 3 rings (SSSR count). The van der Waals surface area contributed by atoms with Crippen LogP contribution in [-0.2, 0) is 11.2 Å². The number of hydrogen-bond donors (Lipinski definition) is 1. The summed E-state index contributed by atoms with van der Waals surface area (Å²) in [5, 5.41) is 9.05. The van der Waals surface area contributed by atoms with Crippen molar-refractivity contribution in [3.8, 4) is 0 Å². The molecular weight excluding hydrogens is 268 g/mol. The largest absolute Gasteiger partial charge is 0.478 e. The predicted molar refractivity (Wildman–Crippen MR) is 79.7 cm³/mol. The molecular formula is C16H20N2O3. The molecule has 1 atom stereocenters. The number of carboxylic acids is 1. The van der Waals surface area contributed by atoms with Gasteiger partial charge in [-0.25, -0.2) is 4.79 Å². The molecule has 5 nitrogen and oxygen atoms in total. The van der Waals surface area contributed by atoms with Gasteiger partial charge in [0.2, 0.25) is 5.91 Å². The number of carbonyl (C=O) groups is 2. The molecule has 5 heteroatoms. The summed E-state index contributed by atoms with van der Waals surface area (Å²) < 4.78 is 0. The minimum atomic E-state index is -0.905. The van der Waals surface area contributed by atoms with Gasteiger partial charge in [-0.05, 0) is 49.9 Å². The molecule has 21 heavy (non-hydrogen) atoms. The Hall–Kier alpha value is -2.04. The van der Waals surface area contributed by atoms with Crippen molar-refractivity contribution in [1.29, 1.82) is 0 Å². The lowest BCUT2D eigenvalue weighted by Crippen LogP contribution is -2.45. The van der Waals surface area contributed by atoms with Crippen LogP contribution in [0.2, 0.25) is 0 Å². The summed E-state index contributed by atoms with van der Waals surface area (Å²) >= 11 is 0. The number of hydrogen-bond acceptors (Lipinski definition) is 3. The number of amides is 1. The van der Waals surface area contributed by atoms with E-state index in [9.17, 15) is 9.59 Å². The van der Waals surface area contributed by atoms with Gasteiger partial charge in [-0.3, -0.25) is 4.79 Å². The van der Waals surface area contributed by atoms with Crippen LogP contribution in [0.1, 0.15) is 35.7 Å². The first-order valence-corrected chi connectivity index (χ1v) is 7.49. The zero-order valence-electron chi connectivity index (χ0n) is 12.2. The molecule has 112 valence electrons. The monoisotopic (exact) mass is 288 g/mol. The highest BCUT2D eigenvalue weighted by Gasteiger charge is 2.31. The molecule has 0 aromatic heterocycles. The first-order chi connectivity index (χ1) is 10.1. The lowest BCUT2D eigenvalue weighted by atomic mass is 10.1. The second-order valence-electron chi connectivity index (χ2n) is 5.80. The third kappa shape index (κ3) is 2.48. The van der Waals surface area contributed by atoms with E-state index in [4.69, 9.17) is 5.11 Å². The van der Waals surface area contributed by atoms with Gasteiger partial charge in [-0.15, -0.1) is 0 Å². The molecule has 1 aromatic carbocycles. The van der Waals surface area contributed by atoms with Crippen LogP contribution >= 0.6 is 0 Å². The van der Waals surface area contributed by atoms with Gasteiger partial charge in [-0.2, -0.15) is 0 Å². The van der Waals surface area contributed by atoms with Gasteiger partial charge in [0.15, 0.2) is 0 Å². The average Bonchev–Trinajstić information content (AvgIpc) is 3.14. The van der Waals surface area contributed by atoms with E-state index < -0.39 is 5.97 Å². The van der Waals surface area contributed by atoms with Crippen LogP contribution in [0.15, 0.2) is 18.2 Å². The summed E-state index contributed by atoms with van der Waals surface area (Å²) in [7, 11) is 0. The van der Waals surface area contributed by atoms with Gasteiger partial charge in [0.1, 0.15) is 6.04 Å². The second-order valence-corrected chi connectivity index (χ2v) is 5.80. The first kappa shape index (κ1) is 13.9. The third-order valence-electron chi connectivity index (χ3n) is 4.50. The van der Waals surface area contributed by atoms with E-state index in [1.165, 1.54) is 0 Å². The number of aromatic carboxylic acids is 1. The molecule has 1 amide bonds. The van der Waals surface area contributed by atoms with Crippen LogP contribution in [0.3, 0.4) is 0 Å². The van der Waals surface area contributed by atoms with Crippen molar-refractivity contribution in [3.05, 3.63) is 29.3 Å². The Morgan fingerprint density at radius 2 is 1.90 bits per heavy atom. The minimum absolute atomic E-state index is 0.181. The Morgan fingerprint density at radius 1 is 1.19 bits per heavy atom. The van der Waals surface area contributed by atoms with Gasteiger partial charge in [0.25, 0.3) is 0 Å². The Labute approximate surface area is 124 Å². The fourth-order valence-corrected chi connectivity index (χ4v) is 3.30. The van der Waals surface area contributed by atoms with E-state index in [0.717, 1.165) is 50.1 Å². The van der Waals surface area contributed by atoms with E-state index in [1.54, 1.807) is 12.1 Å². The van der Waals surface area contributed by atoms with Crippen LogP contribution in [0.4, 0.5) is 5.69 Å². The molecule has 2 aliphatic heterocycles. The zero-order valence-corrected chi connectivity index (χ0v) is 12.2. The Morgan fingerprint density at radius 3 is 2.57 bits per heavy atom. The molecule has 2 aliphatic rings. The Bertz CT molecular complexity index is 579. The summed E-state index contributed by atoms with van der Waals surface area (Å²) in [4.78, 5) is 27.6. The minimum Gasteiger partial charge on any atom is -0.478 e. The molecule has 1 N–H and O–H groups in total. The maximum atomic E-state index is 12.5. The summed E-state index contributed by atoms with van der Waals surface area (Å²) in [6.45, 7) is 4.45. The van der Waals surface area contributed by atoms with Crippen LogP contribution in [0.25, 0.3) is 0 Å². The number of benzene rings is 1. The molecule has 0 aliphatic carbocycles. The standard InChI is InChI=1S/C16H20N2O3/c1-11(15(19)17-7-2-3-8-17)18-9-6-12-10-13(16(20)21)4-5-14(12)18/h4-5,10-11H,2-3,6-9H2,1H3,(H,20,21). The van der Waals surface area contributed by atoms with Crippen molar-refractivity contribution in [1.82, 2.24) is 4.90 Å². The summed E-state index contributed by atoms with van der Waals surface area (Å²) in [6, 6.07) is 5.00. The number of fused-ring (bicyclic) bond motifs is 1. The van der Waals surface area contributed by atoms with Gasteiger partial charge in [0, 0.05) is 25.3 Å². The van der Waals surface area contributed by atoms with Crippen molar-refractivity contribution >= 4 is 17.6 Å². The molecule has 1 aromatic rings. The fraction of sp³-hybridized carbons (Fsp3) is 0.500. The van der Waals surface area contributed by atoms with E-state index in [2.05, 4.69) is 4.90 Å². The van der Waals surface area contributed by atoms with E-state index in [-0.39, 0.29) is 11.9 Å². The van der Waals surface area contributed by atoms with E-state index >= 15 is 0 Å². The van der Waals surface area contributed by atoms with Crippen molar-refractivity contribution < 1.29 is 14.7 Å². The average molecular weight is 288 g/mol. The van der Waals surface area contributed by atoms with Gasteiger partial charge >= 0.3 is 5.97 Å². The second kappa shape index (κ2) is 5.39. The molecule has 2 heterocycles. The first-order valence-electron chi connectivity index (χ1n) is 7.49. The molecule has 1 saturated heterocycles. The number of anilines is 1. The molecule has 0 radical (unpaired) electrons. The maximum Gasteiger partial charge on any atom is 0.335 e. The molecule has 0 bridgehead atoms. The zero-order chi connectivity index (χ0) is 15.0. The van der Waals surface area contributed by atoms with Crippen LogP contribution < -0.4 is 4.90 Å². The van der Waals surface area contributed by atoms with Gasteiger partial charge < -0.3 is 14.9 Å².